The Morgan fingerprint density at radius 1 is 1.23 bits per heavy atom. The van der Waals surface area contributed by atoms with Crippen molar-refractivity contribution >= 4 is 22.8 Å². The monoisotopic (exact) mass is 354 g/mol. The van der Waals surface area contributed by atoms with E-state index in [0.717, 1.165) is 16.6 Å². The predicted molar refractivity (Wildman–Crippen MR) is 99.7 cm³/mol. The maximum atomic E-state index is 12.3. The second-order valence-corrected chi connectivity index (χ2v) is 5.89. The molecule has 0 aliphatic rings. The largest absolute Gasteiger partial charge is 0.493 e. The summed E-state index contributed by atoms with van der Waals surface area (Å²) in [5.74, 6) is 1.77. The summed E-state index contributed by atoms with van der Waals surface area (Å²) in [6.07, 6.45) is 0.930. The summed E-state index contributed by atoms with van der Waals surface area (Å²) in [7, 11) is 1.60. The lowest BCUT2D eigenvalue weighted by Crippen LogP contribution is -2.13. The van der Waals surface area contributed by atoms with Crippen LogP contribution in [0, 0.1) is 6.92 Å². The number of H-pyrrole nitrogens is 1. The van der Waals surface area contributed by atoms with E-state index < -0.39 is 0 Å². The number of nitrogens with zero attached hydrogens (tertiary/aromatic N) is 2. The van der Waals surface area contributed by atoms with E-state index in [2.05, 4.69) is 20.5 Å². The van der Waals surface area contributed by atoms with Crippen molar-refractivity contribution in [1.82, 2.24) is 15.2 Å². The van der Waals surface area contributed by atoms with E-state index in [9.17, 15) is 4.79 Å². The Bertz CT molecular complexity index is 920. The summed E-state index contributed by atoms with van der Waals surface area (Å²) in [6.45, 7) is 4.40. The van der Waals surface area contributed by atoms with Crippen molar-refractivity contribution in [2.24, 2.45) is 0 Å². The molecule has 3 aromatic rings. The zero-order valence-electron chi connectivity index (χ0n) is 15.1. The highest BCUT2D eigenvalue weighted by molar-refractivity contribution is 5.98. The molecule has 0 spiro atoms. The van der Waals surface area contributed by atoms with Crippen molar-refractivity contribution in [3.8, 4) is 11.5 Å². The van der Waals surface area contributed by atoms with Gasteiger partial charge in [0.2, 0.25) is 5.91 Å². The lowest BCUT2D eigenvalue weighted by Gasteiger charge is -2.11. The zero-order chi connectivity index (χ0) is 18.5. The molecule has 7 heteroatoms. The first-order valence-electron chi connectivity index (χ1n) is 8.52. The van der Waals surface area contributed by atoms with Crippen molar-refractivity contribution in [2.45, 2.75) is 26.7 Å². The fourth-order valence-corrected chi connectivity index (χ4v) is 2.69. The van der Waals surface area contributed by atoms with Crippen LogP contribution in [0.15, 0.2) is 30.3 Å². The average Bonchev–Trinajstić information content (AvgIpc) is 3.02. The topological polar surface area (TPSA) is 89.1 Å². The number of nitrogens with one attached hydrogen (secondary N) is 2. The van der Waals surface area contributed by atoms with Crippen molar-refractivity contribution in [3.05, 3.63) is 41.6 Å². The van der Waals surface area contributed by atoms with Crippen LogP contribution in [0.1, 0.15) is 24.6 Å². The molecule has 1 aromatic carbocycles. The average molecular weight is 354 g/mol. The molecule has 3 rings (SSSR count). The van der Waals surface area contributed by atoms with Gasteiger partial charge in [0.1, 0.15) is 0 Å². The van der Waals surface area contributed by atoms with Crippen molar-refractivity contribution in [3.63, 3.8) is 0 Å². The highest BCUT2D eigenvalue weighted by atomic mass is 16.5. The first kappa shape index (κ1) is 17.7. The number of ether oxygens (including phenoxy) is 2. The number of hydrogen-bond acceptors (Lipinski definition) is 5. The van der Waals surface area contributed by atoms with E-state index in [0.29, 0.717) is 42.4 Å². The number of aromatic nitrogens is 3. The molecule has 7 nitrogen and oxygen atoms in total. The molecular weight excluding hydrogens is 332 g/mol. The van der Waals surface area contributed by atoms with Gasteiger partial charge < -0.3 is 14.8 Å². The van der Waals surface area contributed by atoms with E-state index in [1.54, 1.807) is 7.11 Å². The third kappa shape index (κ3) is 3.93. The number of amides is 1. The lowest BCUT2D eigenvalue weighted by molar-refractivity contribution is -0.116. The Balaban J connectivity index is 1.63. The van der Waals surface area contributed by atoms with Gasteiger partial charge in [-0.3, -0.25) is 9.89 Å². The lowest BCUT2D eigenvalue weighted by atomic mass is 10.1. The van der Waals surface area contributed by atoms with E-state index in [4.69, 9.17) is 9.47 Å². The molecule has 0 bridgehead atoms. The molecule has 0 aliphatic heterocycles. The molecular formula is C19H22N4O3. The first-order chi connectivity index (χ1) is 12.6. The molecule has 2 N–H and O–H groups in total. The van der Waals surface area contributed by atoms with Crippen molar-refractivity contribution in [2.75, 3.05) is 19.0 Å². The number of carbonyl (C=O) groups is 1. The van der Waals surface area contributed by atoms with Gasteiger partial charge in [0, 0.05) is 12.1 Å². The molecule has 2 aromatic heterocycles. The van der Waals surface area contributed by atoms with Gasteiger partial charge in [-0.15, -0.1) is 0 Å². The highest BCUT2D eigenvalue weighted by Crippen LogP contribution is 2.28. The van der Waals surface area contributed by atoms with Gasteiger partial charge in [-0.25, -0.2) is 4.98 Å². The molecule has 0 unspecified atom stereocenters. The van der Waals surface area contributed by atoms with Crippen LogP contribution in [-0.2, 0) is 11.2 Å². The molecule has 0 fully saturated rings. The smallest absolute Gasteiger partial charge is 0.225 e. The van der Waals surface area contributed by atoms with Gasteiger partial charge >= 0.3 is 0 Å². The van der Waals surface area contributed by atoms with Gasteiger partial charge in [-0.05, 0) is 50.1 Å². The second-order valence-electron chi connectivity index (χ2n) is 5.89. The number of anilines is 1. The highest BCUT2D eigenvalue weighted by Gasteiger charge is 2.11. The Kier molecular flexibility index (Phi) is 5.36. The number of aromatic amines is 1. The van der Waals surface area contributed by atoms with E-state index in [-0.39, 0.29) is 5.91 Å². The number of rotatable bonds is 7. The summed E-state index contributed by atoms with van der Waals surface area (Å²) in [6, 6.07) is 9.49. The molecule has 0 saturated carbocycles. The van der Waals surface area contributed by atoms with Gasteiger partial charge in [-0.1, -0.05) is 6.07 Å². The number of aryl methyl sites for hydroxylation is 2. The molecule has 0 aliphatic carbocycles. The summed E-state index contributed by atoms with van der Waals surface area (Å²) in [5, 5.41) is 10.6. The maximum absolute atomic E-state index is 12.3. The molecule has 136 valence electrons. The predicted octanol–water partition coefficient (Wildman–Crippen LogP) is 3.24. The van der Waals surface area contributed by atoms with Crippen LogP contribution in [0.2, 0.25) is 0 Å². The van der Waals surface area contributed by atoms with Gasteiger partial charge in [0.15, 0.2) is 23.0 Å². The number of fused-ring (bicyclic) bond motifs is 1. The second kappa shape index (κ2) is 7.86. The molecule has 26 heavy (non-hydrogen) atoms. The summed E-state index contributed by atoms with van der Waals surface area (Å²) in [5.41, 5.74) is 2.56. The third-order valence-corrected chi connectivity index (χ3v) is 3.99. The molecule has 2 heterocycles. The van der Waals surface area contributed by atoms with Crippen LogP contribution in [0.3, 0.4) is 0 Å². The van der Waals surface area contributed by atoms with Crippen LogP contribution in [-0.4, -0.2) is 34.8 Å². The van der Waals surface area contributed by atoms with Crippen LogP contribution in [0.25, 0.3) is 11.0 Å². The van der Waals surface area contributed by atoms with Crippen molar-refractivity contribution in [1.29, 1.82) is 0 Å². The quantitative estimate of drug-likeness (QED) is 0.680. The number of methoxy groups -OCH3 is 1. The fraction of sp³-hybridized carbons (Fsp3) is 0.316. The summed E-state index contributed by atoms with van der Waals surface area (Å²) in [4.78, 5) is 16.6. The molecule has 1 amide bonds. The minimum absolute atomic E-state index is 0.105. The van der Waals surface area contributed by atoms with Crippen molar-refractivity contribution < 1.29 is 14.3 Å². The zero-order valence-corrected chi connectivity index (χ0v) is 15.1. The number of benzene rings is 1. The van der Waals surface area contributed by atoms with Crippen LogP contribution in [0.4, 0.5) is 5.82 Å². The number of pyridine rings is 1. The van der Waals surface area contributed by atoms with Crippen LogP contribution < -0.4 is 14.8 Å². The standard InChI is InChI=1S/C19H22N4O3/c1-4-26-15-9-6-13(11-16(15)25-3)7-10-17(24)21-19-14-8-5-12(2)20-18(14)22-23-19/h5-6,8-9,11H,4,7,10H2,1-3H3,(H2,20,21,22,23,24). The first-order valence-corrected chi connectivity index (χ1v) is 8.52. The van der Waals surface area contributed by atoms with Gasteiger partial charge in [0.05, 0.1) is 19.1 Å². The van der Waals surface area contributed by atoms with E-state index in [1.807, 2.05) is 44.2 Å². The summed E-state index contributed by atoms with van der Waals surface area (Å²) < 4.78 is 10.8. The Morgan fingerprint density at radius 2 is 2.08 bits per heavy atom. The molecule has 0 saturated heterocycles. The molecule has 0 radical (unpaired) electrons. The minimum Gasteiger partial charge on any atom is -0.493 e. The third-order valence-electron chi connectivity index (χ3n) is 3.99. The van der Waals surface area contributed by atoms with Crippen LogP contribution in [0.5, 0.6) is 11.5 Å². The fourth-order valence-electron chi connectivity index (χ4n) is 2.69. The van der Waals surface area contributed by atoms with Crippen LogP contribution >= 0.6 is 0 Å². The minimum atomic E-state index is -0.105. The number of carbonyl (C=O) groups excluding carboxylic acids is 1. The Hall–Kier alpha value is -3.09. The summed E-state index contributed by atoms with van der Waals surface area (Å²) >= 11 is 0. The Labute approximate surface area is 151 Å². The van der Waals surface area contributed by atoms with Gasteiger partial charge in [0.25, 0.3) is 0 Å². The normalized spacial score (nSPS) is 10.7. The van der Waals surface area contributed by atoms with Gasteiger partial charge in [-0.2, -0.15) is 5.10 Å². The maximum Gasteiger partial charge on any atom is 0.225 e. The SMILES string of the molecule is CCOc1ccc(CCC(=O)Nc2n[nH]c3nc(C)ccc23)cc1OC. The Morgan fingerprint density at radius 3 is 2.85 bits per heavy atom. The molecule has 0 atom stereocenters. The number of hydrogen-bond donors (Lipinski definition) is 2. The van der Waals surface area contributed by atoms with E-state index in [1.165, 1.54) is 0 Å². The van der Waals surface area contributed by atoms with E-state index >= 15 is 0 Å².